The molecule has 0 bridgehead atoms. The molecule has 1 aromatic carbocycles. The third kappa shape index (κ3) is 4.17. The van der Waals surface area contributed by atoms with Gasteiger partial charge >= 0.3 is 0 Å². The van der Waals surface area contributed by atoms with E-state index >= 15 is 0 Å². The zero-order valence-electron chi connectivity index (χ0n) is 9.95. The van der Waals surface area contributed by atoms with Gasteiger partial charge in [-0.2, -0.15) is 0 Å². The normalized spacial score (nSPS) is 10.5. The molecule has 0 saturated carbocycles. The molecular formula is C12H10Cl2IN3O. The van der Waals surface area contributed by atoms with E-state index in [4.69, 9.17) is 27.9 Å². The molecule has 0 aliphatic carbocycles. The Bertz CT molecular complexity index is 595. The first kappa shape index (κ1) is 14.8. The Hall–Kier alpha value is -0.630. The van der Waals surface area contributed by atoms with Crippen LogP contribution in [0.4, 0.5) is 11.5 Å². The van der Waals surface area contributed by atoms with Gasteiger partial charge in [-0.1, -0.05) is 23.2 Å². The number of halogens is 3. The molecule has 1 aromatic heterocycles. The van der Waals surface area contributed by atoms with Crippen LogP contribution in [0.25, 0.3) is 0 Å². The minimum absolute atomic E-state index is 0.301. The van der Waals surface area contributed by atoms with Crippen LogP contribution in [0, 0.1) is 3.57 Å². The summed E-state index contributed by atoms with van der Waals surface area (Å²) in [5, 5.41) is 4.09. The molecule has 0 spiro atoms. The van der Waals surface area contributed by atoms with Crippen molar-refractivity contribution in [2.45, 2.75) is 6.61 Å². The SMILES string of the molecule is COCc1nc(Cl)cc(Nc2ccc(I)cc2Cl)n1. The second-order valence-corrected chi connectivity index (χ2v) is 5.71. The van der Waals surface area contributed by atoms with E-state index < -0.39 is 0 Å². The number of nitrogens with zero attached hydrogens (tertiary/aromatic N) is 2. The highest BCUT2D eigenvalue weighted by Crippen LogP contribution is 2.27. The van der Waals surface area contributed by atoms with Gasteiger partial charge in [0.15, 0.2) is 5.82 Å². The zero-order valence-corrected chi connectivity index (χ0v) is 13.6. The van der Waals surface area contributed by atoms with E-state index in [1.54, 1.807) is 13.2 Å². The number of ether oxygens (including phenoxy) is 1. The summed E-state index contributed by atoms with van der Waals surface area (Å²) in [6.07, 6.45) is 0. The number of nitrogens with one attached hydrogen (secondary N) is 1. The van der Waals surface area contributed by atoms with E-state index in [0.29, 0.717) is 28.4 Å². The summed E-state index contributed by atoms with van der Waals surface area (Å²) in [6, 6.07) is 7.34. The van der Waals surface area contributed by atoms with Crippen LogP contribution in [0.3, 0.4) is 0 Å². The van der Waals surface area contributed by atoms with Gasteiger partial charge < -0.3 is 10.1 Å². The molecule has 0 amide bonds. The number of rotatable bonds is 4. The van der Waals surface area contributed by atoms with E-state index in [-0.39, 0.29) is 0 Å². The molecule has 1 heterocycles. The minimum Gasteiger partial charge on any atom is -0.377 e. The molecule has 0 atom stereocenters. The fraction of sp³-hybridized carbons (Fsp3) is 0.167. The van der Waals surface area contributed by atoms with Gasteiger partial charge in [0.2, 0.25) is 0 Å². The zero-order chi connectivity index (χ0) is 13.8. The van der Waals surface area contributed by atoms with Gasteiger partial charge in [0.1, 0.15) is 17.6 Å². The van der Waals surface area contributed by atoms with Gasteiger partial charge in [-0.15, -0.1) is 0 Å². The first-order chi connectivity index (χ1) is 9.08. The van der Waals surface area contributed by atoms with Crippen molar-refractivity contribution in [2.75, 3.05) is 12.4 Å². The summed E-state index contributed by atoms with van der Waals surface area (Å²) in [6.45, 7) is 0.301. The Kier molecular flexibility index (Phi) is 5.20. The predicted octanol–water partition coefficient (Wildman–Crippen LogP) is 4.28. The van der Waals surface area contributed by atoms with Gasteiger partial charge in [-0.25, -0.2) is 9.97 Å². The smallest absolute Gasteiger partial charge is 0.158 e. The summed E-state index contributed by atoms with van der Waals surface area (Å²) < 4.78 is 6.05. The second-order valence-electron chi connectivity index (χ2n) is 3.67. The van der Waals surface area contributed by atoms with E-state index in [9.17, 15) is 0 Å². The van der Waals surface area contributed by atoms with Gasteiger partial charge in [-0.3, -0.25) is 0 Å². The maximum atomic E-state index is 6.15. The Morgan fingerprint density at radius 1 is 1.26 bits per heavy atom. The van der Waals surface area contributed by atoms with Crippen LogP contribution in [0.2, 0.25) is 10.2 Å². The molecular weight excluding hydrogens is 400 g/mol. The summed E-state index contributed by atoms with van der Waals surface area (Å²) >= 11 is 14.3. The fourth-order valence-corrected chi connectivity index (χ4v) is 2.56. The molecule has 100 valence electrons. The molecule has 2 rings (SSSR count). The first-order valence-corrected chi connectivity index (χ1v) is 7.16. The van der Waals surface area contributed by atoms with Gasteiger partial charge in [0, 0.05) is 16.7 Å². The number of hydrogen-bond acceptors (Lipinski definition) is 4. The molecule has 7 heteroatoms. The van der Waals surface area contributed by atoms with Crippen molar-refractivity contribution >= 4 is 57.3 Å². The molecule has 4 nitrogen and oxygen atoms in total. The number of benzene rings is 1. The van der Waals surface area contributed by atoms with Crippen molar-refractivity contribution in [1.82, 2.24) is 9.97 Å². The maximum Gasteiger partial charge on any atom is 0.158 e. The average molecular weight is 410 g/mol. The van der Waals surface area contributed by atoms with Gasteiger partial charge in [-0.05, 0) is 40.8 Å². The summed E-state index contributed by atoms with van der Waals surface area (Å²) in [5.41, 5.74) is 0.764. The molecule has 0 radical (unpaired) electrons. The third-order valence-electron chi connectivity index (χ3n) is 2.21. The topological polar surface area (TPSA) is 47.0 Å². The van der Waals surface area contributed by atoms with Crippen LogP contribution >= 0.6 is 45.8 Å². The second kappa shape index (κ2) is 6.69. The van der Waals surface area contributed by atoms with Crippen molar-refractivity contribution in [1.29, 1.82) is 0 Å². The lowest BCUT2D eigenvalue weighted by Gasteiger charge is -2.09. The maximum absolute atomic E-state index is 6.15. The Labute approximate surface area is 134 Å². The van der Waals surface area contributed by atoms with Crippen molar-refractivity contribution in [2.24, 2.45) is 0 Å². The van der Waals surface area contributed by atoms with Crippen LogP contribution in [0.15, 0.2) is 24.3 Å². The summed E-state index contributed by atoms with van der Waals surface area (Å²) in [4.78, 5) is 8.35. The van der Waals surface area contributed by atoms with Crippen molar-refractivity contribution in [3.8, 4) is 0 Å². The third-order valence-corrected chi connectivity index (χ3v) is 3.39. The lowest BCUT2D eigenvalue weighted by atomic mass is 10.3. The Balaban J connectivity index is 2.27. The van der Waals surface area contributed by atoms with Gasteiger partial charge in [0.25, 0.3) is 0 Å². The van der Waals surface area contributed by atoms with E-state index in [1.165, 1.54) is 0 Å². The van der Waals surface area contributed by atoms with Crippen LogP contribution in [-0.4, -0.2) is 17.1 Å². The Morgan fingerprint density at radius 2 is 2.05 bits per heavy atom. The molecule has 0 aliphatic rings. The summed E-state index contributed by atoms with van der Waals surface area (Å²) in [7, 11) is 1.58. The quantitative estimate of drug-likeness (QED) is 0.604. The average Bonchev–Trinajstić information content (AvgIpc) is 2.32. The monoisotopic (exact) mass is 409 g/mol. The molecule has 19 heavy (non-hydrogen) atoms. The number of anilines is 2. The van der Waals surface area contributed by atoms with Crippen molar-refractivity contribution in [3.05, 3.63) is 43.8 Å². The fourth-order valence-electron chi connectivity index (χ4n) is 1.45. The van der Waals surface area contributed by atoms with Crippen LogP contribution in [-0.2, 0) is 11.3 Å². The predicted molar refractivity (Wildman–Crippen MR) is 85.2 cm³/mol. The van der Waals surface area contributed by atoms with Crippen LogP contribution in [0.5, 0.6) is 0 Å². The van der Waals surface area contributed by atoms with Crippen LogP contribution < -0.4 is 5.32 Å². The highest BCUT2D eigenvalue weighted by Gasteiger charge is 2.06. The number of aromatic nitrogens is 2. The Morgan fingerprint density at radius 3 is 2.74 bits per heavy atom. The number of hydrogen-bond donors (Lipinski definition) is 1. The van der Waals surface area contributed by atoms with E-state index in [2.05, 4.69) is 37.9 Å². The molecule has 0 unspecified atom stereocenters. The van der Waals surface area contributed by atoms with Crippen molar-refractivity contribution < 1.29 is 4.74 Å². The van der Waals surface area contributed by atoms with E-state index in [1.807, 2.05) is 18.2 Å². The largest absolute Gasteiger partial charge is 0.377 e. The van der Waals surface area contributed by atoms with Gasteiger partial charge in [0.05, 0.1) is 10.7 Å². The molecule has 0 aliphatic heterocycles. The lowest BCUT2D eigenvalue weighted by molar-refractivity contribution is 0.178. The number of methoxy groups -OCH3 is 1. The molecule has 2 aromatic rings. The summed E-state index contributed by atoms with van der Waals surface area (Å²) in [5.74, 6) is 1.09. The standard InChI is InChI=1S/C12H10Cl2IN3O/c1-19-6-12-17-10(14)5-11(18-12)16-9-3-2-7(15)4-8(9)13/h2-5H,6H2,1H3,(H,16,17,18). The minimum atomic E-state index is 0.301. The molecule has 0 fully saturated rings. The van der Waals surface area contributed by atoms with Crippen molar-refractivity contribution in [3.63, 3.8) is 0 Å². The highest BCUT2D eigenvalue weighted by molar-refractivity contribution is 14.1. The van der Waals surface area contributed by atoms with Crippen LogP contribution in [0.1, 0.15) is 5.82 Å². The van der Waals surface area contributed by atoms with E-state index in [0.717, 1.165) is 9.26 Å². The first-order valence-electron chi connectivity index (χ1n) is 5.33. The highest BCUT2D eigenvalue weighted by atomic mass is 127. The molecule has 0 saturated heterocycles. The lowest BCUT2D eigenvalue weighted by Crippen LogP contribution is -2.02. The molecule has 1 N–H and O–H groups in total.